The van der Waals surface area contributed by atoms with Gasteiger partial charge in [-0.25, -0.2) is 4.98 Å². The molecule has 0 saturated carbocycles. The van der Waals surface area contributed by atoms with Gasteiger partial charge in [-0.2, -0.15) is 0 Å². The number of carbonyl (C=O) groups excluding carboxylic acids is 1. The number of rotatable bonds is 7. The summed E-state index contributed by atoms with van der Waals surface area (Å²) in [6.45, 7) is 4.19. The molecule has 3 aromatic rings. The van der Waals surface area contributed by atoms with Crippen molar-refractivity contribution in [2.45, 2.75) is 31.7 Å². The molecule has 1 amide bonds. The molecule has 7 heteroatoms. The molecule has 1 saturated heterocycles. The molecule has 0 bridgehead atoms. The predicted octanol–water partition coefficient (Wildman–Crippen LogP) is 4.37. The normalized spacial score (nSPS) is 16.2. The molecule has 164 valence electrons. The van der Waals surface area contributed by atoms with Crippen molar-refractivity contribution in [1.29, 1.82) is 0 Å². The van der Waals surface area contributed by atoms with Crippen molar-refractivity contribution >= 4 is 27.5 Å². The second kappa shape index (κ2) is 9.66. The van der Waals surface area contributed by atoms with Gasteiger partial charge in [-0.3, -0.25) is 9.69 Å². The van der Waals surface area contributed by atoms with Crippen molar-refractivity contribution in [3.05, 3.63) is 53.0 Å². The van der Waals surface area contributed by atoms with Crippen LogP contribution >= 0.6 is 11.3 Å². The highest BCUT2D eigenvalue weighted by Crippen LogP contribution is 2.34. The Balaban J connectivity index is 1.31. The minimum absolute atomic E-state index is 0.0239. The lowest BCUT2D eigenvalue weighted by Gasteiger charge is -2.30. The summed E-state index contributed by atoms with van der Waals surface area (Å²) in [4.78, 5) is 19.7. The molecule has 0 spiro atoms. The van der Waals surface area contributed by atoms with Crippen LogP contribution in [0.15, 0.2) is 42.5 Å². The van der Waals surface area contributed by atoms with Crippen molar-refractivity contribution in [1.82, 2.24) is 15.2 Å². The first-order valence-electron chi connectivity index (χ1n) is 10.7. The molecular weight excluding hydrogens is 410 g/mol. The molecule has 0 radical (unpaired) electrons. The van der Waals surface area contributed by atoms with Crippen LogP contribution < -0.4 is 14.8 Å². The van der Waals surface area contributed by atoms with E-state index in [1.165, 1.54) is 9.71 Å². The van der Waals surface area contributed by atoms with Gasteiger partial charge in [0.1, 0.15) is 11.5 Å². The third-order valence-corrected chi connectivity index (χ3v) is 7.09. The first-order valence-corrected chi connectivity index (χ1v) is 11.5. The molecule has 1 fully saturated rings. The van der Waals surface area contributed by atoms with E-state index in [4.69, 9.17) is 14.5 Å². The van der Waals surface area contributed by atoms with Gasteiger partial charge >= 0.3 is 0 Å². The van der Waals surface area contributed by atoms with Crippen LogP contribution in [-0.2, 0) is 4.79 Å². The van der Waals surface area contributed by atoms with E-state index >= 15 is 0 Å². The standard InChI is InChI=1S/C24H29N3O3S/c1-16(19-14-18(29-2)8-9-21(19)30-3)25-23(28)15-27-12-10-17(11-13-27)24-26-20-6-4-5-7-22(20)31-24/h4-9,14,16-17H,10-13,15H2,1-3H3,(H,25,28)/t16-/m0/s1. The Labute approximate surface area is 187 Å². The SMILES string of the molecule is COc1ccc(OC)c([C@H](C)NC(=O)CN2CCC(c3nc4ccccc4s3)CC2)c1. The number of nitrogens with zero attached hydrogens (tertiary/aromatic N) is 2. The Morgan fingerprint density at radius 3 is 2.68 bits per heavy atom. The van der Waals surface area contributed by atoms with Crippen LogP contribution in [0.4, 0.5) is 0 Å². The monoisotopic (exact) mass is 439 g/mol. The molecule has 0 aliphatic carbocycles. The summed E-state index contributed by atoms with van der Waals surface area (Å²) >= 11 is 1.80. The first kappa shape index (κ1) is 21.6. The van der Waals surface area contributed by atoms with Crippen molar-refractivity contribution in [3.8, 4) is 11.5 Å². The highest BCUT2D eigenvalue weighted by molar-refractivity contribution is 7.18. The number of ether oxygens (including phenoxy) is 2. The number of nitrogens with one attached hydrogen (secondary N) is 1. The van der Waals surface area contributed by atoms with E-state index in [1.807, 2.05) is 31.2 Å². The highest BCUT2D eigenvalue weighted by atomic mass is 32.1. The van der Waals surface area contributed by atoms with Gasteiger partial charge in [0, 0.05) is 11.5 Å². The van der Waals surface area contributed by atoms with Crippen LogP contribution in [-0.4, -0.2) is 49.6 Å². The first-order chi connectivity index (χ1) is 15.1. The van der Waals surface area contributed by atoms with Crippen molar-refractivity contribution in [2.75, 3.05) is 33.9 Å². The number of aromatic nitrogens is 1. The molecule has 4 rings (SSSR count). The van der Waals surface area contributed by atoms with E-state index in [-0.39, 0.29) is 11.9 Å². The van der Waals surface area contributed by atoms with Gasteiger partial charge in [0.15, 0.2) is 0 Å². The van der Waals surface area contributed by atoms with E-state index in [2.05, 4.69) is 28.4 Å². The van der Waals surface area contributed by atoms with Crippen molar-refractivity contribution in [2.24, 2.45) is 0 Å². The molecule has 1 aliphatic heterocycles. The third-order valence-electron chi connectivity index (χ3n) is 5.90. The van der Waals surface area contributed by atoms with Crippen LogP contribution in [0.2, 0.25) is 0 Å². The van der Waals surface area contributed by atoms with E-state index in [9.17, 15) is 4.79 Å². The minimum Gasteiger partial charge on any atom is -0.497 e. The van der Waals surface area contributed by atoms with E-state index in [0.717, 1.165) is 48.5 Å². The smallest absolute Gasteiger partial charge is 0.234 e. The fourth-order valence-electron chi connectivity index (χ4n) is 4.15. The molecule has 1 aliphatic rings. The van der Waals surface area contributed by atoms with E-state index < -0.39 is 0 Å². The zero-order valence-corrected chi connectivity index (χ0v) is 19.1. The molecule has 31 heavy (non-hydrogen) atoms. The topological polar surface area (TPSA) is 63.7 Å². The average Bonchev–Trinajstić information content (AvgIpc) is 3.23. The van der Waals surface area contributed by atoms with Crippen molar-refractivity contribution in [3.63, 3.8) is 0 Å². The summed E-state index contributed by atoms with van der Waals surface area (Å²) in [5.74, 6) is 1.99. The van der Waals surface area contributed by atoms with Crippen LogP contribution in [0.3, 0.4) is 0 Å². The second-order valence-corrected chi connectivity index (χ2v) is 9.03. The number of thiazole rings is 1. The number of amides is 1. The lowest BCUT2D eigenvalue weighted by molar-refractivity contribution is -0.123. The molecule has 6 nitrogen and oxygen atoms in total. The van der Waals surface area contributed by atoms with Crippen LogP contribution in [0.5, 0.6) is 11.5 Å². The van der Waals surface area contributed by atoms with Crippen LogP contribution in [0.1, 0.15) is 42.3 Å². The van der Waals surface area contributed by atoms with Gasteiger partial charge in [-0.05, 0) is 63.2 Å². The molecule has 2 aromatic carbocycles. The fraction of sp³-hybridized carbons (Fsp3) is 0.417. The minimum atomic E-state index is -0.169. The van der Waals surface area contributed by atoms with Crippen molar-refractivity contribution < 1.29 is 14.3 Å². The number of methoxy groups -OCH3 is 2. The zero-order chi connectivity index (χ0) is 21.8. The summed E-state index contributed by atoms with van der Waals surface area (Å²) < 4.78 is 12.0. The largest absolute Gasteiger partial charge is 0.497 e. The predicted molar refractivity (Wildman–Crippen MR) is 124 cm³/mol. The summed E-state index contributed by atoms with van der Waals surface area (Å²) in [5.41, 5.74) is 2.00. The number of para-hydroxylation sites is 1. The maximum atomic E-state index is 12.7. The number of benzene rings is 2. The number of hydrogen-bond acceptors (Lipinski definition) is 6. The number of carbonyl (C=O) groups is 1. The zero-order valence-electron chi connectivity index (χ0n) is 18.3. The average molecular weight is 440 g/mol. The summed E-state index contributed by atoms with van der Waals surface area (Å²) in [7, 11) is 3.27. The van der Waals surface area contributed by atoms with Gasteiger partial charge in [-0.1, -0.05) is 12.1 Å². The summed E-state index contributed by atoms with van der Waals surface area (Å²) in [5, 5.41) is 4.33. The lowest BCUT2D eigenvalue weighted by atomic mass is 9.97. The quantitative estimate of drug-likeness (QED) is 0.592. The fourth-order valence-corrected chi connectivity index (χ4v) is 5.28. The second-order valence-electron chi connectivity index (χ2n) is 7.97. The Hall–Kier alpha value is -2.64. The van der Waals surface area contributed by atoms with Gasteiger partial charge in [0.25, 0.3) is 0 Å². The Morgan fingerprint density at radius 2 is 1.97 bits per heavy atom. The highest BCUT2D eigenvalue weighted by Gasteiger charge is 2.25. The summed E-state index contributed by atoms with van der Waals surface area (Å²) in [6, 6.07) is 13.8. The Bertz CT molecular complexity index is 1010. The molecule has 1 atom stereocenters. The molecule has 1 aromatic heterocycles. The molecule has 0 unspecified atom stereocenters. The lowest BCUT2D eigenvalue weighted by Crippen LogP contribution is -2.41. The van der Waals surface area contributed by atoms with E-state index in [1.54, 1.807) is 25.6 Å². The van der Waals surface area contributed by atoms with Gasteiger partial charge in [0.2, 0.25) is 5.91 Å². The van der Waals surface area contributed by atoms with Crippen LogP contribution in [0, 0.1) is 0 Å². The maximum Gasteiger partial charge on any atom is 0.234 e. The molecule has 2 heterocycles. The third kappa shape index (κ3) is 4.99. The van der Waals surface area contributed by atoms with Gasteiger partial charge in [0.05, 0.1) is 42.0 Å². The van der Waals surface area contributed by atoms with E-state index in [0.29, 0.717) is 12.5 Å². The number of likely N-dealkylation sites (tertiary alicyclic amines) is 1. The van der Waals surface area contributed by atoms with Crippen LogP contribution in [0.25, 0.3) is 10.2 Å². The molecular formula is C24H29N3O3S. The Morgan fingerprint density at radius 1 is 1.19 bits per heavy atom. The molecule has 1 N–H and O–H groups in total. The number of piperidine rings is 1. The number of fused-ring (bicyclic) bond motifs is 1. The van der Waals surface area contributed by atoms with Gasteiger partial charge < -0.3 is 14.8 Å². The van der Waals surface area contributed by atoms with Gasteiger partial charge in [-0.15, -0.1) is 11.3 Å². The Kier molecular flexibility index (Phi) is 6.73. The maximum absolute atomic E-state index is 12.7. The number of hydrogen-bond donors (Lipinski definition) is 1. The summed E-state index contributed by atoms with van der Waals surface area (Å²) in [6.07, 6.45) is 2.07.